The van der Waals surface area contributed by atoms with Crippen molar-refractivity contribution in [3.8, 4) is 16.9 Å². The quantitative estimate of drug-likeness (QED) is 0.675. The number of piperidine rings is 1. The second-order valence-electron chi connectivity index (χ2n) is 7.21. The first-order chi connectivity index (χ1) is 13.1. The number of phenolic OH excluding ortho intramolecular Hbond substituents is 1. The van der Waals surface area contributed by atoms with Gasteiger partial charge in [0, 0.05) is 23.2 Å². The van der Waals surface area contributed by atoms with E-state index in [9.17, 15) is 9.90 Å². The molecule has 1 aliphatic rings. The van der Waals surface area contributed by atoms with E-state index in [4.69, 9.17) is 16.0 Å². The van der Waals surface area contributed by atoms with Crippen LogP contribution in [-0.4, -0.2) is 22.6 Å². The van der Waals surface area contributed by atoms with E-state index in [2.05, 4.69) is 11.8 Å². The molecule has 0 aliphatic carbocycles. The standard InChI is InChI=1S/C22H22ClNO3/c1-14-6-4-5-11-24(14)12-17-20(25)10-9-16-21(26)18(13-27-22(16)17)15-7-2-3-8-19(15)23/h2-3,7-10,13-14,25H,4-6,11-12H2,1H3/t14-/m1/s1. The zero-order valence-electron chi connectivity index (χ0n) is 15.2. The van der Waals surface area contributed by atoms with Gasteiger partial charge in [-0.25, -0.2) is 0 Å². The zero-order valence-corrected chi connectivity index (χ0v) is 16.0. The third-order valence-corrected chi connectivity index (χ3v) is 5.82. The molecule has 0 spiro atoms. The predicted octanol–water partition coefficient (Wildman–Crippen LogP) is 5.19. The Bertz CT molecular complexity index is 1040. The maximum Gasteiger partial charge on any atom is 0.200 e. The Kier molecular flexibility index (Phi) is 4.94. The number of benzene rings is 2. The van der Waals surface area contributed by atoms with Crippen LogP contribution in [0.15, 0.2) is 51.9 Å². The summed E-state index contributed by atoms with van der Waals surface area (Å²) in [5.41, 5.74) is 2.06. The third kappa shape index (κ3) is 3.35. The molecule has 27 heavy (non-hydrogen) atoms. The highest BCUT2D eigenvalue weighted by Crippen LogP contribution is 2.32. The molecule has 5 heteroatoms. The second-order valence-corrected chi connectivity index (χ2v) is 7.62. The van der Waals surface area contributed by atoms with Crippen molar-refractivity contribution < 1.29 is 9.52 Å². The van der Waals surface area contributed by atoms with E-state index in [1.165, 1.54) is 12.7 Å². The topological polar surface area (TPSA) is 53.7 Å². The van der Waals surface area contributed by atoms with Gasteiger partial charge in [0.05, 0.1) is 16.5 Å². The van der Waals surface area contributed by atoms with Gasteiger partial charge in [0.25, 0.3) is 0 Å². The largest absolute Gasteiger partial charge is 0.507 e. The first kappa shape index (κ1) is 18.1. The van der Waals surface area contributed by atoms with Crippen LogP contribution in [0.3, 0.4) is 0 Å². The highest BCUT2D eigenvalue weighted by atomic mass is 35.5. The third-order valence-electron chi connectivity index (χ3n) is 5.49. The Hall–Kier alpha value is -2.30. The molecule has 0 bridgehead atoms. The smallest absolute Gasteiger partial charge is 0.200 e. The average molecular weight is 384 g/mol. The molecule has 0 radical (unpaired) electrons. The van der Waals surface area contributed by atoms with Crippen molar-refractivity contribution in [2.24, 2.45) is 0 Å². The normalized spacial score (nSPS) is 18.1. The van der Waals surface area contributed by atoms with Crippen LogP contribution >= 0.6 is 11.6 Å². The van der Waals surface area contributed by atoms with Crippen molar-refractivity contribution in [2.75, 3.05) is 6.54 Å². The maximum absolute atomic E-state index is 13.1. The van der Waals surface area contributed by atoms with Crippen LogP contribution in [0.1, 0.15) is 31.7 Å². The lowest BCUT2D eigenvalue weighted by Gasteiger charge is -2.33. The van der Waals surface area contributed by atoms with E-state index in [1.54, 1.807) is 24.3 Å². The number of phenols is 1. The molecule has 140 valence electrons. The van der Waals surface area contributed by atoms with Crippen LogP contribution in [0, 0.1) is 0 Å². The molecule has 4 rings (SSSR count). The van der Waals surface area contributed by atoms with Gasteiger partial charge >= 0.3 is 0 Å². The Morgan fingerprint density at radius 1 is 1.19 bits per heavy atom. The molecule has 1 aromatic heterocycles. The molecular weight excluding hydrogens is 362 g/mol. The van der Waals surface area contributed by atoms with Crippen LogP contribution in [0.5, 0.6) is 5.75 Å². The van der Waals surface area contributed by atoms with Gasteiger partial charge in [-0.2, -0.15) is 0 Å². The molecule has 0 saturated carbocycles. The van der Waals surface area contributed by atoms with Crippen LogP contribution in [-0.2, 0) is 6.54 Å². The Morgan fingerprint density at radius 2 is 2.00 bits per heavy atom. The summed E-state index contributed by atoms with van der Waals surface area (Å²) in [6, 6.07) is 10.9. The van der Waals surface area contributed by atoms with Crippen molar-refractivity contribution in [1.82, 2.24) is 4.90 Å². The van der Waals surface area contributed by atoms with Gasteiger partial charge in [0.1, 0.15) is 17.6 Å². The van der Waals surface area contributed by atoms with Crippen molar-refractivity contribution in [3.63, 3.8) is 0 Å². The highest BCUT2D eigenvalue weighted by molar-refractivity contribution is 6.33. The Morgan fingerprint density at radius 3 is 2.78 bits per heavy atom. The summed E-state index contributed by atoms with van der Waals surface area (Å²) in [7, 11) is 0. The van der Waals surface area contributed by atoms with Crippen molar-refractivity contribution in [3.05, 3.63) is 63.5 Å². The van der Waals surface area contributed by atoms with Gasteiger partial charge < -0.3 is 9.52 Å². The Labute approximate surface area is 163 Å². The summed E-state index contributed by atoms with van der Waals surface area (Å²) >= 11 is 6.26. The van der Waals surface area contributed by atoms with E-state index in [0.29, 0.717) is 45.3 Å². The molecule has 0 unspecified atom stereocenters. The summed E-state index contributed by atoms with van der Waals surface area (Å²) in [4.78, 5) is 15.4. The number of fused-ring (bicyclic) bond motifs is 1. The van der Waals surface area contributed by atoms with E-state index in [0.717, 1.165) is 19.4 Å². The van der Waals surface area contributed by atoms with E-state index in [1.807, 2.05) is 12.1 Å². The van der Waals surface area contributed by atoms with Crippen LogP contribution in [0.4, 0.5) is 0 Å². The van der Waals surface area contributed by atoms with E-state index < -0.39 is 0 Å². The van der Waals surface area contributed by atoms with Crippen LogP contribution < -0.4 is 5.43 Å². The van der Waals surface area contributed by atoms with Crippen molar-refractivity contribution in [1.29, 1.82) is 0 Å². The van der Waals surface area contributed by atoms with Gasteiger partial charge in [0.2, 0.25) is 5.43 Å². The lowest BCUT2D eigenvalue weighted by Crippen LogP contribution is -2.36. The number of rotatable bonds is 3. The summed E-state index contributed by atoms with van der Waals surface area (Å²) in [6.07, 6.45) is 4.98. The summed E-state index contributed by atoms with van der Waals surface area (Å²) in [6.45, 7) is 3.75. The van der Waals surface area contributed by atoms with Crippen molar-refractivity contribution >= 4 is 22.6 Å². The van der Waals surface area contributed by atoms with Crippen LogP contribution in [0.2, 0.25) is 5.02 Å². The molecule has 1 atom stereocenters. The van der Waals surface area contributed by atoms with Gasteiger partial charge in [0.15, 0.2) is 0 Å². The second kappa shape index (κ2) is 7.37. The minimum Gasteiger partial charge on any atom is -0.507 e. The number of aromatic hydroxyl groups is 1. The van der Waals surface area contributed by atoms with Gasteiger partial charge in [-0.05, 0) is 44.5 Å². The molecule has 2 aromatic carbocycles. The molecule has 1 fully saturated rings. The molecule has 0 amide bonds. The number of hydrogen-bond donors (Lipinski definition) is 1. The molecule has 1 saturated heterocycles. The number of hydrogen-bond acceptors (Lipinski definition) is 4. The first-order valence-corrected chi connectivity index (χ1v) is 9.69. The van der Waals surface area contributed by atoms with Gasteiger partial charge in [-0.15, -0.1) is 0 Å². The zero-order chi connectivity index (χ0) is 19.0. The molecule has 2 heterocycles. The maximum atomic E-state index is 13.1. The molecule has 1 N–H and O–H groups in total. The molecule has 4 nitrogen and oxygen atoms in total. The Balaban J connectivity index is 1.82. The molecule has 3 aromatic rings. The number of halogens is 1. The first-order valence-electron chi connectivity index (χ1n) is 9.31. The van der Waals surface area contributed by atoms with Crippen molar-refractivity contribution in [2.45, 2.75) is 38.8 Å². The summed E-state index contributed by atoms with van der Waals surface area (Å²) < 4.78 is 5.88. The summed E-state index contributed by atoms with van der Waals surface area (Å²) in [5.74, 6) is 0.161. The van der Waals surface area contributed by atoms with Gasteiger partial charge in [-0.1, -0.05) is 36.2 Å². The fraction of sp³-hybridized carbons (Fsp3) is 0.318. The monoisotopic (exact) mass is 383 g/mol. The van der Waals surface area contributed by atoms with Crippen LogP contribution in [0.25, 0.3) is 22.1 Å². The minimum atomic E-state index is -0.141. The highest BCUT2D eigenvalue weighted by Gasteiger charge is 2.22. The summed E-state index contributed by atoms with van der Waals surface area (Å²) in [5, 5.41) is 11.4. The van der Waals surface area contributed by atoms with E-state index in [-0.39, 0.29) is 11.2 Å². The van der Waals surface area contributed by atoms with E-state index >= 15 is 0 Å². The minimum absolute atomic E-state index is 0.141. The molecule has 1 aliphatic heterocycles. The lowest BCUT2D eigenvalue weighted by molar-refractivity contribution is 0.151. The lowest BCUT2D eigenvalue weighted by atomic mass is 10.0. The SMILES string of the molecule is C[C@@H]1CCCCN1Cc1c(O)ccc2c(=O)c(-c3ccccc3Cl)coc12. The number of nitrogens with zero attached hydrogens (tertiary/aromatic N) is 1. The fourth-order valence-corrected chi connectivity index (χ4v) is 4.10. The fourth-order valence-electron chi connectivity index (χ4n) is 3.86. The molecular formula is C22H22ClNO3. The van der Waals surface area contributed by atoms with Gasteiger partial charge in [-0.3, -0.25) is 9.69 Å². The predicted molar refractivity (Wildman–Crippen MR) is 108 cm³/mol. The average Bonchev–Trinajstić information content (AvgIpc) is 2.67. The number of likely N-dealkylation sites (tertiary alicyclic amines) is 1.